The first-order valence-corrected chi connectivity index (χ1v) is 18.7. The number of aryl methyl sites for hydroxylation is 1. The van der Waals surface area contributed by atoms with E-state index in [1.807, 2.05) is 31.2 Å². The summed E-state index contributed by atoms with van der Waals surface area (Å²) in [4.78, 5) is 28.9. The number of ether oxygens (including phenoxy) is 3. The molecule has 0 spiro atoms. The van der Waals surface area contributed by atoms with Gasteiger partial charge in [-0.2, -0.15) is 0 Å². The summed E-state index contributed by atoms with van der Waals surface area (Å²) in [6.45, 7) is 5.00. The second-order valence-corrected chi connectivity index (χ2v) is 14.3. The summed E-state index contributed by atoms with van der Waals surface area (Å²) in [6, 6.07) is 25.2. The summed E-state index contributed by atoms with van der Waals surface area (Å²) in [5.74, 6) is -0.633. The van der Waals surface area contributed by atoms with Crippen molar-refractivity contribution in [3.05, 3.63) is 130 Å². The van der Waals surface area contributed by atoms with Crippen LogP contribution >= 0.6 is 23.1 Å². The Balaban J connectivity index is 1.34. The van der Waals surface area contributed by atoms with Crippen LogP contribution in [0.4, 0.5) is 9.52 Å². The Bertz CT molecular complexity index is 2080. The molecule has 268 valence electrons. The van der Waals surface area contributed by atoms with E-state index < -0.39 is 17.7 Å². The molecular formula is C40H38FN3O6S2. The number of carbonyl (C=O) groups is 2. The summed E-state index contributed by atoms with van der Waals surface area (Å²) >= 11 is 2.36. The normalized spacial score (nSPS) is 15.2. The van der Waals surface area contributed by atoms with Gasteiger partial charge in [-0.05, 0) is 78.1 Å². The molecule has 1 unspecified atom stereocenters. The van der Waals surface area contributed by atoms with E-state index in [4.69, 9.17) is 14.2 Å². The summed E-state index contributed by atoms with van der Waals surface area (Å²) in [6.07, 6.45) is 2.96. The van der Waals surface area contributed by atoms with E-state index in [1.54, 1.807) is 60.7 Å². The zero-order valence-corrected chi connectivity index (χ0v) is 30.6. The maximum absolute atomic E-state index is 14.3. The number of methoxy groups -OCH3 is 1. The number of rotatable bonds is 15. The number of aliphatic hydroxyl groups is 1. The molecule has 1 atom stereocenters. The summed E-state index contributed by atoms with van der Waals surface area (Å²) in [5, 5.41) is 20.4. The van der Waals surface area contributed by atoms with E-state index in [9.17, 15) is 19.1 Å². The van der Waals surface area contributed by atoms with Gasteiger partial charge in [0.05, 0.1) is 25.3 Å². The third-order valence-corrected chi connectivity index (χ3v) is 10.8. The van der Waals surface area contributed by atoms with E-state index in [2.05, 4.69) is 17.1 Å². The van der Waals surface area contributed by atoms with Gasteiger partial charge in [0.1, 0.15) is 23.9 Å². The van der Waals surface area contributed by atoms with Gasteiger partial charge in [-0.3, -0.25) is 14.5 Å². The summed E-state index contributed by atoms with van der Waals surface area (Å²) in [5.41, 5.74) is 3.36. The number of anilines is 1. The van der Waals surface area contributed by atoms with Gasteiger partial charge in [0.15, 0.2) is 15.8 Å². The number of hydrogen-bond donors (Lipinski definition) is 1. The van der Waals surface area contributed by atoms with Crippen molar-refractivity contribution < 1.29 is 33.3 Å². The number of halogens is 1. The van der Waals surface area contributed by atoms with E-state index in [0.717, 1.165) is 41.7 Å². The molecule has 1 N–H and O–H groups in total. The summed E-state index contributed by atoms with van der Waals surface area (Å²) < 4.78 is 32.4. The molecule has 9 nitrogen and oxygen atoms in total. The van der Waals surface area contributed by atoms with Crippen LogP contribution in [0.3, 0.4) is 0 Å². The molecule has 6 rings (SSSR count). The van der Waals surface area contributed by atoms with Crippen LogP contribution in [0, 0.1) is 12.7 Å². The number of thioether (sulfide) groups is 1. The van der Waals surface area contributed by atoms with Crippen molar-refractivity contribution in [3.8, 4) is 17.2 Å². The number of nitrogens with zero attached hydrogens (tertiary/aromatic N) is 3. The summed E-state index contributed by atoms with van der Waals surface area (Å²) in [7, 11) is 1.52. The lowest BCUT2D eigenvalue weighted by Crippen LogP contribution is -2.29. The number of benzene rings is 4. The molecule has 1 amide bonds. The zero-order valence-electron chi connectivity index (χ0n) is 29.0. The first-order chi connectivity index (χ1) is 25.3. The van der Waals surface area contributed by atoms with Crippen LogP contribution in [0.1, 0.15) is 60.0 Å². The number of ketones is 1. The maximum Gasteiger partial charge on any atom is 0.301 e. The first-order valence-electron chi connectivity index (χ1n) is 16.9. The van der Waals surface area contributed by atoms with Crippen molar-refractivity contribution in [1.29, 1.82) is 0 Å². The average molecular weight is 740 g/mol. The lowest BCUT2D eigenvalue weighted by Gasteiger charge is -2.23. The molecule has 1 aliphatic heterocycles. The molecule has 2 heterocycles. The van der Waals surface area contributed by atoms with Crippen molar-refractivity contribution in [1.82, 2.24) is 10.2 Å². The topological polar surface area (TPSA) is 111 Å². The molecule has 0 radical (unpaired) electrons. The Morgan fingerprint density at radius 3 is 2.40 bits per heavy atom. The fraction of sp³-hybridized carbons (Fsp3) is 0.250. The number of aromatic nitrogens is 2. The number of carbonyl (C=O) groups excluding carboxylic acids is 2. The molecule has 1 aromatic heterocycles. The zero-order chi connectivity index (χ0) is 36.6. The average Bonchev–Trinajstić information content (AvgIpc) is 3.74. The minimum atomic E-state index is -1.07. The standard InChI is InChI=1S/C40H38FN3O6S2/c1-4-5-10-21-49-32-20-17-27(22-33(32)48-3)35-34(36(45)26-15-18-30(19-16-26)50-23-28-12-7-6-11-25(28)2)37(46)38(47)44(35)39-42-43-40(52-39)51-24-29-13-8-9-14-31(29)41/h6-9,11-20,22,35,45H,4-5,10,21,23-24H2,1-3H3. The number of hydrogen-bond acceptors (Lipinski definition) is 10. The number of Topliss-reactive ketones (excluding diaryl/α,β-unsaturated/α-hetero) is 1. The second kappa shape index (κ2) is 16.9. The van der Waals surface area contributed by atoms with Gasteiger partial charge >= 0.3 is 5.91 Å². The molecule has 12 heteroatoms. The largest absolute Gasteiger partial charge is 0.507 e. The van der Waals surface area contributed by atoms with Gasteiger partial charge < -0.3 is 19.3 Å². The van der Waals surface area contributed by atoms with Gasteiger partial charge in [-0.25, -0.2) is 4.39 Å². The Labute approximate surface area is 310 Å². The van der Waals surface area contributed by atoms with Crippen LogP contribution in [0.5, 0.6) is 17.2 Å². The van der Waals surface area contributed by atoms with Crippen LogP contribution < -0.4 is 19.1 Å². The van der Waals surface area contributed by atoms with Crippen LogP contribution in [0.15, 0.2) is 101 Å². The minimum absolute atomic E-state index is 0.118. The molecule has 0 saturated carbocycles. The highest BCUT2D eigenvalue weighted by molar-refractivity contribution is 8.00. The number of amides is 1. The van der Waals surface area contributed by atoms with E-state index >= 15 is 0 Å². The van der Waals surface area contributed by atoms with Gasteiger partial charge in [-0.1, -0.05) is 91.4 Å². The monoisotopic (exact) mass is 739 g/mol. The molecular weight excluding hydrogens is 702 g/mol. The van der Waals surface area contributed by atoms with Crippen molar-refractivity contribution in [3.63, 3.8) is 0 Å². The van der Waals surface area contributed by atoms with Crippen LogP contribution in [-0.2, 0) is 21.9 Å². The highest BCUT2D eigenvalue weighted by Crippen LogP contribution is 2.46. The molecule has 1 fully saturated rings. The Hall–Kier alpha value is -5.20. The predicted molar refractivity (Wildman–Crippen MR) is 201 cm³/mol. The molecule has 1 saturated heterocycles. The van der Waals surface area contributed by atoms with Crippen molar-refractivity contribution in [2.75, 3.05) is 18.6 Å². The minimum Gasteiger partial charge on any atom is -0.507 e. The number of unbranched alkanes of at least 4 members (excludes halogenated alkanes) is 2. The van der Waals surface area contributed by atoms with E-state index in [-0.39, 0.29) is 22.3 Å². The van der Waals surface area contributed by atoms with Crippen molar-refractivity contribution in [2.24, 2.45) is 0 Å². The number of aliphatic hydroxyl groups excluding tert-OH is 1. The predicted octanol–water partition coefficient (Wildman–Crippen LogP) is 9.06. The highest BCUT2D eigenvalue weighted by Gasteiger charge is 2.48. The van der Waals surface area contributed by atoms with Crippen LogP contribution in [0.2, 0.25) is 0 Å². The lowest BCUT2D eigenvalue weighted by atomic mass is 9.95. The molecule has 4 aromatic carbocycles. The van der Waals surface area contributed by atoms with E-state index in [1.165, 1.54) is 29.8 Å². The smallest absolute Gasteiger partial charge is 0.301 e. The third-order valence-electron chi connectivity index (χ3n) is 8.65. The third kappa shape index (κ3) is 8.13. The van der Waals surface area contributed by atoms with Crippen molar-refractivity contribution >= 4 is 45.7 Å². The Morgan fingerprint density at radius 2 is 1.67 bits per heavy atom. The molecule has 0 bridgehead atoms. The SMILES string of the molecule is CCCCCOc1ccc(C2C(=C(O)c3ccc(OCc4ccccc4C)cc3)C(=O)C(=O)N2c2nnc(SCc3ccccc3F)s2)cc1OC. The first kappa shape index (κ1) is 36.6. The fourth-order valence-corrected chi connectivity index (χ4v) is 7.62. The van der Waals surface area contributed by atoms with Gasteiger partial charge in [0.25, 0.3) is 5.78 Å². The highest BCUT2D eigenvalue weighted by atomic mass is 32.2. The molecule has 5 aromatic rings. The fourth-order valence-electron chi connectivity index (χ4n) is 5.76. The van der Waals surface area contributed by atoms with Crippen LogP contribution in [0.25, 0.3) is 5.76 Å². The van der Waals surface area contributed by atoms with Gasteiger partial charge in [0.2, 0.25) is 5.13 Å². The maximum atomic E-state index is 14.3. The quantitative estimate of drug-likeness (QED) is 0.0281. The Morgan fingerprint density at radius 1 is 0.923 bits per heavy atom. The van der Waals surface area contributed by atoms with E-state index in [0.29, 0.717) is 57.2 Å². The molecule has 52 heavy (non-hydrogen) atoms. The molecule has 0 aliphatic carbocycles. The van der Waals surface area contributed by atoms with Gasteiger partial charge in [-0.15, -0.1) is 10.2 Å². The second-order valence-electron chi connectivity index (χ2n) is 12.1. The lowest BCUT2D eigenvalue weighted by molar-refractivity contribution is -0.132. The van der Waals surface area contributed by atoms with Crippen LogP contribution in [-0.4, -0.2) is 40.7 Å². The molecule has 1 aliphatic rings. The van der Waals surface area contributed by atoms with Gasteiger partial charge in [0, 0.05) is 11.3 Å². The van der Waals surface area contributed by atoms with Crippen molar-refractivity contribution in [2.45, 2.75) is 55.9 Å². The Kier molecular flexibility index (Phi) is 11.9.